The topological polar surface area (TPSA) is 38.7 Å². The zero-order valence-corrected chi connectivity index (χ0v) is 7.47. The lowest BCUT2D eigenvalue weighted by Crippen LogP contribution is -1.93. The van der Waals surface area contributed by atoms with Crippen molar-refractivity contribution in [2.45, 2.75) is 20.8 Å². The monoisotopic (exact) mass is 165 g/mol. The van der Waals surface area contributed by atoms with Crippen molar-refractivity contribution in [3.63, 3.8) is 0 Å². The van der Waals surface area contributed by atoms with E-state index < -0.39 is 0 Å². The Bertz CT molecular complexity index is 306. The van der Waals surface area contributed by atoms with Gasteiger partial charge in [0.1, 0.15) is 5.94 Å². The number of hydrogen-bond donors (Lipinski definition) is 0. The van der Waals surface area contributed by atoms with Gasteiger partial charge in [-0.1, -0.05) is 0 Å². The van der Waals surface area contributed by atoms with Gasteiger partial charge in [-0.2, -0.15) is 0 Å². The van der Waals surface area contributed by atoms with Gasteiger partial charge in [0.25, 0.3) is 0 Å². The molecular weight excluding hydrogens is 154 g/mol. The molecule has 1 heterocycles. The average Bonchev–Trinajstić information content (AvgIpc) is 2.29. The maximum absolute atomic E-state index is 10.4. The minimum absolute atomic E-state index is 0.526. The molecule has 1 rings (SSSR count). The third-order valence-corrected chi connectivity index (χ3v) is 1.71. The first-order valence-electron chi connectivity index (χ1n) is 3.85. The molecule has 1 aliphatic heterocycles. The Hall–Kier alpha value is -1.34. The predicted molar refractivity (Wildman–Crippen MR) is 46.6 cm³/mol. The van der Waals surface area contributed by atoms with Crippen molar-refractivity contribution in [3.05, 3.63) is 17.0 Å². The molecule has 0 amide bonds. The number of carbonyl (C=O) groups excluding carboxylic acids is 1. The first kappa shape index (κ1) is 8.75. The van der Waals surface area contributed by atoms with Crippen LogP contribution in [0.25, 0.3) is 0 Å². The second kappa shape index (κ2) is 3.37. The molecule has 0 N–H and O–H groups in total. The molecule has 0 atom stereocenters. The lowest BCUT2D eigenvalue weighted by Gasteiger charge is -1.99. The Labute approximate surface area is 71.4 Å². The van der Waals surface area contributed by atoms with E-state index in [0.717, 1.165) is 5.57 Å². The Morgan fingerprint density at radius 2 is 2.17 bits per heavy atom. The van der Waals surface area contributed by atoms with E-state index >= 15 is 0 Å². The van der Waals surface area contributed by atoms with Crippen LogP contribution in [0.4, 0.5) is 0 Å². The highest BCUT2D eigenvalue weighted by molar-refractivity contribution is 6.10. The summed E-state index contributed by atoms with van der Waals surface area (Å²) in [6.07, 6.45) is 0. The largest absolute Gasteiger partial charge is 0.478 e. The van der Waals surface area contributed by atoms with E-state index in [1.807, 2.05) is 19.8 Å². The highest BCUT2D eigenvalue weighted by Crippen LogP contribution is 2.23. The fraction of sp³-hybridized carbons (Fsp3) is 0.444. The van der Waals surface area contributed by atoms with Gasteiger partial charge in [-0.3, -0.25) is 0 Å². The summed E-state index contributed by atoms with van der Waals surface area (Å²) in [7, 11) is 0. The third-order valence-electron chi connectivity index (χ3n) is 1.71. The van der Waals surface area contributed by atoms with Gasteiger partial charge in [0.05, 0.1) is 17.9 Å². The fourth-order valence-electron chi connectivity index (χ4n) is 1.10. The standard InChI is InChI=1S/C9H11NO2/c1-4-12-9-6(2)8(5-11)7(3)10-9/h4H2,1-3H3. The molecule has 0 radical (unpaired) electrons. The van der Waals surface area contributed by atoms with Gasteiger partial charge in [-0.15, -0.1) is 0 Å². The van der Waals surface area contributed by atoms with E-state index in [-0.39, 0.29) is 0 Å². The van der Waals surface area contributed by atoms with Crippen LogP contribution >= 0.6 is 0 Å². The van der Waals surface area contributed by atoms with Crippen LogP contribution in [-0.2, 0) is 9.53 Å². The lowest BCUT2D eigenvalue weighted by molar-refractivity contribution is 0.226. The summed E-state index contributed by atoms with van der Waals surface area (Å²) in [5, 5.41) is 0. The Morgan fingerprint density at radius 1 is 1.50 bits per heavy atom. The van der Waals surface area contributed by atoms with Crippen molar-refractivity contribution in [1.29, 1.82) is 0 Å². The molecule has 0 spiro atoms. The van der Waals surface area contributed by atoms with Crippen molar-refractivity contribution in [2.24, 2.45) is 4.99 Å². The van der Waals surface area contributed by atoms with Gasteiger partial charge < -0.3 is 4.74 Å². The first-order valence-corrected chi connectivity index (χ1v) is 3.85. The molecule has 0 unspecified atom stereocenters. The second-order valence-electron chi connectivity index (χ2n) is 2.54. The first-order chi connectivity index (χ1) is 5.70. The highest BCUT2D eigenvalue weighted by atomic mass is 16.5. The summed E-state index contributed by atoms with van der Waals surface area (Å²) < 4.78 is 5.21. The van der Waals surface area contributed by atoms with Crippen LogP contribution in [0.3, 0.4) is 0 Å². The zero-order valence-electron chi connectivity index (χ0n) is 7.47. The van der Waals surface area contributed by atoms with Gasteiger partial charge in [-0.25, -0.2) is 9.79 Å². The average molecular weight is 165 g/mol. The Kier molecular flexibility index (Phi) is 2.46. The van der Waals surface area contributed by atoms with Gasteiger partial charge in [0.2, 0.25) is 5.88 Å². The highest BCUT2D eigenvalue weighted by Gasteiger charge is 2.19. The SMILES string of the molecule is CCOC1=C(C)C(=C=O)C(C)=N1. The summed E-state index contributed by atoms with van der Waals surface area (Å²) >= 11 is 0. The molecule has 0 aromatic heterocycles. The summed E-state index contributed by atoms with van der Waals surface area (Å²) in [6, 6.07) is 0. The van der Waals surface area contributed by atoms with Crippen molar-refractivity contribution < 1.29 is 9.53 Å². The minimum Gasteiger partial charge on any atom is -0.478 e. The Balaban J connectivity index is 3.02. The van der Waals surface area contributed by atoms with Crippen LogP contribution in [0.1, 0.15) is 20.8 Å². The van der Waals surface area contributed by atoms with Crippen molar-refractivity contribution in [2.75, 3.05) is 6.61 Å². The number of allylic oxidation sites excluding steroid dienone is 2. The predicted octanol–water partition coefficient (Wildman–Crippen LogP) is 1.49. The molecule has 0 aliphatic carbocycles. The van der Waals surface area contributed by atoms with Crippen LogP contribution in [0, 0.1) is 0 Å². The van der Waals surface area contributed by atoms with Gasteiger partial charge >= 0.3 is 0 Å². The molecule has 0 aromatic rings. The van der Waals surface area contributed by atoms with Crippen molar-refractivity contribution in [3.8, 4) is 0 Å². The van der Waals surface area contributed by atoms with E-state index in [4.69, 9.17) is 4.74 Å². The number of aliphatic imine (C=N–C) groups is 1. The summed E-state index contributed by atoms with van der Waals surface area (Å²) in [6.45, 7) is 6.03. The fourth-order valence-corrected chi connectivity index (χ4v) is 1.10. The molecule has 0 aromatic carbocycles. The van der Waals surface area contributed by atoms with Crippen LogP contribution in [0.15, 0.2) is 22.0 Å². The van der Waals surface area contributed by atoms with E-state index in [1.165, 1.54) is 0 Å². The van der Waals surface area contributed by atoms with Crippen molar-refractivity contribution in [1.82, 2.24) is 0 Å². The van der Waals surface area contributed by atoms with Crippen LogP contribution in [-0.4, -0.2) is 18.3 Å². The number of ether oxygens (including phenoxy) is 1. The molecule has 0 saturated carbocycles. The van der Waals surface area contributed by atoms with E-state index in [9.17, 15) is 4.79 Å². The number of hydrogen-bond acceptors (Lipinski definition) is 3. The molecule has 0 bridgehead atoms. The van der Waals surface area contributed by atoms with Crippen LogP contribution in [0.5, 0.6) is 0 Å². The molecule has 1 aliphatic rings. The van der Waals surface area contributed by atoms with E-state index in [0.29, 0.717) is 23.8 Å². The zero-order chi connectivity index (χ0) is 9.14. The molecule has 3 nitrogen and oxygen atoms in total. The molecule has 0 saturated heterocycles. The van der Waals surface area contributed by atoms with Gasteiger partial charge in [0, 0.05) is 5.57 Å². The quantitative estimate of drug-likeness (QED) is 0.581. The van der Waals surface area contributed by atoms with Gasteiger partial charge in [-0.05, 0) is 20.8 Å². The summed E-state index contributed by atoms with van der Waals surface area (Å²) in [5.41, 5.74) is 1.99. The molecule has 3 heteroatoms. The van der Waals surface area contributed by atoms with E-state index in [1.54, 1.807) is 6.92 Å². The lowest BCUT2D eigenvalue weighted by atomic mass is 10.1. The maximum Gasteiger partial charge on any atom is 0.217 e. The van der Waals surface area contributed by atoms with Crippen molar-refractivity contribution >= 4 is 11.7 Å². The van der Waals surface area contributed by atoms with Crippen LogP contribution < -0.4 is 0 Å². The Morgan fingerprint density at radius 3 is 2.58 bits per heavy atom. The van der Waals surface area contributed by atoms with Gasteiger partial charge in [0.15, 0.2) is 0 Å². The molecule has 12 heavy (non-hydrogen) atoms. The van der Waals surface area contributed by atoms with E-state index in [2.05, 4.69) is 4.99 Å². The summed E-state index contributed by atoms with van der Waals surface area (Å²) in [4.78, 5) is 14.5. The van der Waals surface area contributed by atoms with Crippen LogP contribution in [0.2, 0.25) is 0 Å². The molecular formula is C9H11NO2. The number of rotatable bonds is 2. The minimum atomic E-state index is 0.526. The number of nitrogens with zero attached hydrogens (tertiary/aromatic N) is 1. The molecule has 64 valence electrons. The smallest absolute Gasteiger partial charge is 0.217 e. The molecule has 0 fully saturated rings. The normalized spacial score (nSPS) is 16.2. The third kappa shape index (κ3) is 1.31. The second-order valence-corrected chi connectivity index (χ2v) is 2.54. The maximum atomic E-state index is 10.4. The summed E-state index contributed by atoms with van der Waals surface area (Å²) in [5.74, 6) is 2.40.